The van der Waals surface area contributed by atoms with E-state index < -0.39 is 0 Å². The Morgan fingerprint density at radius 1 is 0.266 bits per heavy atom. The van der Waals surface area contributed by atoms with Gasteiger partial charge in [0.2, 0.25) is 0 Å². The van der Waals surface area contributed by atoms with Crippen LogP contribution in [0.3, 0.4) is 0 Å². The van der Waals surface area contributed by atoms with Crippen molar-refractivity contribution in [3.8, 4) is 50.2 Å². The molecule has 12 aromatic rings. The number of benzene rings is 11. The van der Waals surface area contributed by atoms with E-state index in [1.54, 1.807) is 0 Å². The van der Waals surface area contributed by atoms with Crippen LogP contribution in [0.5, 0.6) is 0 Å². The molecule has 0 fully saturated rings. The van der Waals surface area contributed by atoms with Gasteiger partial charge in [-0.25, -0.2) is 0 Å². The smallest absolute Gasteiger partial charge is 0.0547 e. The van der Waals surface area contributed by atoms with Crippen molar-refractivity contribution in [2.24, 2.45) is 0 Å². The van der Waals surface area contributed by atoms with Gasteiger partial charge >= 0.3 is 0 Å². The number of hydrogen-bond donors (Lipinski definition) is 0. The molecule has 0 atom stereocenters. The summed E-state index contributed by atoms with van der Waals surface area (Å²) in [6.07, 6.45) is 0. The maximum absolute atomic E-state index is 2.41. The number of para-hydroxylation sites is 2. The summed E-state index contributed by atoms with van der Waals surface area (Å²) in [6.45, 7) is 0. The van der Waals surface area contributed by atoms with Crippen molar-refractivity contribution in [2.45, 2.75) is 0 Å². The van der Waals surface area contributed by atoms with Crippen LogP contribution < -0.4 is 4.90 Å². The molecular formula is C62H42N2. The Bertz CT molecular complexity index is 3640. The van der Waals surface area contributed by atoms with Crippen molar-refractivity contribution in [2.75, 3.05) is 4.90 Å². The molecule has 1 heterocycles. The van der Waals surface area contributed by atoms with E-state index >= 15 is 0 Å². The van der Waals surface area contributed by atoms with E-state index in [-0.39, 0.29) is 0 Å². The van der Waals surface area contributed by atoms with Crippen molar-refractivity contribution >= 4 is 60.4 Å². The SMILES string of the molecule is c1ccc(-c2ccc(-c3ccc(N(c4cccc(-c5cccc6c5ccc5ccccc56)c4)c4cccc(-c5cccc6c5c5ccccc5n6-c5ccccc5)c4)cc3)cc2)cc1. The lowest BCUT2D eigenvalue weighted by molar-refractivity contribution is 1.18. The van der Waals surface area contributed by atoms with Gasteiger partial charge in [-0.15, -0.1) is 0 Å². The summed E-state index contributed by atoms with van der Waals surface area (Å²) in [7, 11) is 0. The monoisotopic (exact) mass is 814 g/mol. The molecule has 64 heavy (non-hydrogen) atoms. The second-order valence-electron chi connectivity index (χ2n) is 16.5. The number of anilines is 3. The molecule has 2 nitrogen and oxygen atoms in total. The third-order valence-electron chi connectivity index (χ3n) is 12.8. The van der Waals surface area contributed by atoms with Gasteiger partial charge in [-0.2, -0.15) is 0 Å². The summed E-state index contributed by atoms with van der Waals surface area (Å²) >= 11 is 0. The van der Waals surface area contributed by atoms with Crippen molar-refractivity contribution in [1.29, 1.82) is 0 Å². The highest BCUT2D eigenvalue weighted by atomic mass is 15.1. The molecule has 0 saturated carbocycles. The highest BCUT2D eigenvalue weighted by Gasteiger charge is 2.19. The first-order valence-corrected chi connectivity index (χ1v) is 22.0. The Balaban J connectivity index is 1.000. The maximum Gasteiger partial charge on any atom is 0.0547 e. The quantitative estimate of drug-likeness (QED) is 0.139. The minimum Gasteiger partial charge on any atom is -0.310 e. The molecule has 0 unspecified atom stereocenters. The largest absolute Gasteiger partial charge is 0.310 e. The van der Waals surface area contributed by atoms with Gasteiger partial charge in [0, 0.05) is 33.5 Å². The second kappa shape index (κ2) is 15.8. The minimum atomic E-state index is 1.08. The molecule has 2 heteroatoms. The topological polar surface area (TPSA) is 8.17 Å². The zero-order valence-electron chi connectivity index (χ0n) is 35.1. The molecule has 0 N–H and O–H groups in total. The molecule has 0 amide bonds. The van der Waals surface area contributed by atoms with E-state index in [1.165, 1.54) is 82.3 Å². The van der Waals surface area contributed by atoms with Crippen molar-refractivity contribution in [3.63, 3.8) is 0 Å². The normalized spacial score (nSPS) is 11.4. The van der Waals surface area contributed by atoms with Crippen LogP contribution in [0.4, 0.5) is 17.1 Å². The summed E-state index contributed by atoms with van der Waals surface area (Å²) in [5, 5.41) is 7.52. The maximum atomic E-state index is 2.41. The fourth-order valence-corrected chi connectivity index (χ4v) is 9.77. The lowest BCUT2D eigenvalue weighted by Crippen LogP contribution is -2.10. The molecule has 12 rings (SSSR count). The molecule has 1 aromatic heterocycles. The van der Waals surface area contributed by atoms with E-state index in [0.717, 1.165) is 28.3 Å². The Labute approximate surface area is 373 Å². The van der Waals surface area contributed by atoms with Crippen LogP contribution in [-0.2, 0) is 0 Å². The first kappa shape index (κ1) is 37.3. The molecule has 300 valence electrons. The van der Waals surface area contributed by atoms with Crippen LogP contribution in [-0.4, -0.2) is 4.57 Å². The first-order chi connectivity index (χ1) is 31.7. The zero-order chi connectivity index (χ0) is 42.4. The highest BCUT2D eigenvalue weighted by Crippen LogP contribution is 2.43. The van der Waals surface area contributed by atoms with Crippen LogP contribution >= 0.6 is 0 Å². The Morgan fingerprint density at radius 2 is 0.766 bits per heavy atom. The summed E-state index contributed by atoms with van der Waals surface area (Å²) in [6, 6.07) is 92.7. The number of aromatic nitrogens is 1. The van der Waals surface area contributed by atoms with Gasteiger partial charge < -0.3 is 9.47 Å². The highest BCUT2D eigenvalue weighted by molar-refractivity contribution is 6.16. The number of fused-ring (bicyclic) bond motifs is 6. The summed E-state index contributed by atoms with van der Waals surface area (Å²) in [4.78, 5) is 2.41. The van der Waals surface area contributed by atoms with E-state index in [2.05, 4.69) is 264 Å². The average molecular weight is 815 g/mol. The third-order valence-corrected chi connectivity index (χ3v) is 12.8. The Morgan fingerprint density at radius 3 is 1.48 bits per heavy atom. The lowest BCUT2D eigenvalue weighted by atomic mass is 9.94. The molecular weight excluding hydrogens is 773 g/mol. The van der Waals surface area contributed by atoms with Crippen molar-refractivity contribution in [1.82, 2.24) is 4.57 Å². The molecule has 0 radical (unpaired) electrons. The van der Waals surface area contributed by atoms with E-state index in [4.69, 9.17) is 0 Å². The fourth-order valence-electron chi connectivity index (χ4n) is 9.77. The van der Waals surface area contributed by atoms with Gasteiger partial charge in [-0.1, -0.05) is 194 Å². The molecule has 11 aromatic carbocycles. The number of hydrogen-bond acceptors (Lipinski definition) is 1. The van der Waals surface area contributed by atoms with Crippen LogP contribution in [0, 0.1) is 0 Å². The lowest BCUT2D eigenvalue weighted by Gasteiger charge is -2.27. The van der Waals surface area contributed by atoms with E-state index in [9.17, 15) is 0 Å². The van der Waals surface area contributed by atoms with Crippen LogP contribution in [0.2, 0.25) is 0 Å². The van der Waals surface area contributed by atoms with Crippen LogP contribution in [0.1, 0.15) is 0 Å². The summed E-state index contributed by atoms with van der Waals surface area (Å²) in [5.74, 6) is 0. The molecule has 0 aliphatic rings. The number of nitrogens with zero attached hydrogens (tertiary/aromatic N) is 2. The van der Waals surface area contributed by atoms with E-state index in [0.29, 0.717) is 0 Å². The zero-order valence-corrected chi connectivity index (χ0v) is 35.1. The predicted octanol–water partition coefficient (Wildman–Crippen LogP) is 17.2. The number of rotatable bonds is 8. The first-order valence-electron chi connectivity index (χ1n) is 22.0. The van der Waals surface area contributed by atoms with Crippen molar-refractivity contribution < 1.29 is 0 Å². The predicted molar refractivity (Wildman–Crippen MR) is 272 cm³/mol. The Hall–Kier alpha value is -8.46. The fraction of sp³-hybridized carbons (Fsp3) is 0. The summed E-state index contributed by atoms with van der Waals surface area (Å²) in [5.41, 5.74) is 16.4. The second-order valence-corrected chi connectivity index (χ2v) is 16.5. The van der Waals surface area contributed by atoms with Gasteiger partial charge in [0.1, 0.15) is 0 Å². The van der Waals surface area contributed by atoms with Gasteiger partial charge in [-0.3, -0.25) is 0 Å². The molecule has 0 spiro atoms. The van der Waals surface area contributed by atoms with Gasteiger partial charge in [-0.05, 0) is 127 Å². The summed E-state index contributed by atoms with van der Waals surface area (Å²) < 4.78 is 2.39. The van der Waals surface area contributed by atoms with Crippen LogP contribution in [0.25, 0.3) is 93.5 Å². The molecule has 0 aliphatic heterocycles. The molecule has 0 bridgehead atoms. The minimum absolute atomic E-state index is 1.08. The van der Waals surface area contributed by atoms with Crippen LogP contribution in [0.15, 0.2) is 255 Å². The van der Waals surface area contributed by atoms with Gasteiger partial charge in [0.25, 0.3) is 0 Å². The van der Waals surface area contributed by atoms with Gasteiger partial charge in [0.05, 0.1) is 11.0 Å². The van der Waals surface area contributed by atoms with Gasteiger partial charge in [0.15, 0.2) is 0 Å². The average Bonchev–Trinajstić information content (AvgIpc) is 3.72. The third kappa shape index (κ3) is 6.52. The Kier molecular flexibility index (Phi) is 9.20. The molecule has 0 saturated heterocycles. The van der Waals surface area contributed by atoms with E-state index in [1.807, 2.05) is 0 Å². The molecule has 0 aliphatic carbocycles. The standard InChI is InChI=1S/C62H42N2/c1-3-15-43(16-4-1)44-31-33-45(34-32-44)46-35-38-51(39-36-46)63(52-22-11-18-48(41-52)55-26-13-28-57-54-24-8-7-17-47(54)37-40-58(55)57)53-23-12-19-49(42-53)56-27-14-30-61-62(56)59-25-9-10-29-60(59)64(61)50-20-5-2-6-21-50/h1-42H. The van der Waals surface area contributed by atoms with Crippen molar-refractivity contribution in [3.05, 3.63) is 255 Å².